The highest BCUT2D eigenvalue weighted by Crippen LogP contribution is 2.16. The number of nitrogens with one attached hydrogen (secondary N) is 2. The number of hydrogen-bond acceptors (Lipinski definition) is 6. The summed E-state index contributed by atoms with van der Waals surface area (Å²) in [4.78, 5) is 32.5. The number of aliphatic hydroxyl groups is 1. The number of H-pyrrole nitrogens is 1. The molecule has 8 nitrogen and oxygen atoms in total. The molecule has 184 valence electrons. The lowest BCUT2D eigenvalue weighted by molar-refractivity contribution is -0.139. The number of amidine groups is 1. The molecular formula is C24H32ClN5O3S. The molecule has 0 aliphatic carbocycles. The van der Waals surface area contributed by atoms with E-state index >= 15 is 0 Å². The topological polar surface area (TPSA) is 124 Å². The standard InChI is InChI=1S/C22H26ClN5O3S.C2H6/c1-15(23)3-8-18-9-10-20(27-18)32-26-11-19(13-29)28(21(31)14-30)12-16-4-6-17(7-5-16)22(24)25-2;1-2/h3-10,13,19,26-27,30H,1,11-12,14H2,2H3,(H2,24,25);1-2H3/b8-3-;. The first-order valence-electron chi connectivity index (χ1n) is 10.7. The van der Waals surface area contributed by atoms with Gasteiger partial charge in [-0.05, 0) is 41.8 Å². The van der Waals surface area contributed by atoms with Crippen LogP contribution in [-0.2, 0) is 16.1 Å². The minimum atomic E-state index is -0.766. The van der Waals surface area contributed by atoms with Gasteiger partial charge in [-0.3, -0.25) is 14.5 Å². The monoisotopic (exact) mass is 505 g/mol. The number of carbonyl (C=O) groups is 2. The number of allylic oxidation sites excluding steroid dienone is 2. The van der Waals surface area contributed by atoms with Gasteiger partial charge in [0.15, 0.2) is 0 Å². The first-order valence-corrected chi connectivity index (χ1v) is 11.9. The van der Waals surface area contributed by atoms with Gasteiger partial charge in [0.05, 0.1) is 5.03 Å². The smallest absolute Gasteiger partial charge is 0.249 e. The number of aliphatic hydroxyl groups excluding tert-OH is 1. The number of carbonyl (C=O) groups excluding carboxylic acids is 2. The van der Waals surface area contributed by atoms with E-state index in [1.54, 1.807) is 43.5 Å². The lowest BCUT2D eigenvalue weighted by atomic mass is 10.1. The van der Waals surface area contributed by atoms with Crippen molar-refractivity contribution in [3.05, 3.63) is 70.9 Å². The summed E-state index contributed by atoms with van der Waals surface area (Å²) in [6, 6.07) is 10.2. The number of amides is 1. The average molecular weight is 506 g/mol. The van der Waals surface area contributed by atoms with Gasteiger partial charge in [-0.2, -0.15) is 0 Å². The van der Waals surface area contributed by atoms with Crippen molar-refractivity contribution in [3.8, 4) is 0 Å². The minimum absolute atomic E-state index is 0.165. The van der Waals surface area contributed by atoms with Crippen LogP contribution in [0.2, 0.25) is 0 Å². The van der Waals surface area contributed by atoms with Crippen LogP contribution in [-0.4, -0.2) is 59.3 Å². The maximum atomic E-state index is 12.3. The molecule has 2 rings (SSSR count). The lowest BCUT2D eigenvalue weighted by Gasteiger charge is -2.28. The number of aromatic amines is 1. The zero-order chi connectivity index (χ0) is 25.5. The molecular weight excluding hydrogens is 474 g/mol. The van der Waals surface area contributed by atoms with Gasteiger partial charge in [0.2, 0.25) is 5.91 Å². The SMILES string of the molecule is C=C(Cl)/C=C\c1ccc(SNCC(C=O)N(Cc2ccc(C(N)=NC)cc2)C(=O)CO)[nH]1.CC. The van der Waals surface area contributed by atoms with E-state index in [4.69, 9.17) is 17.3 Å². The lowest BCUT2D eigenvalue weighted by Crippen LogP contribution is -2.46. The average Bonchev–Trinajstić information content (AvgIpc) is 3.32. The van der Waals surface area contributed by atoms with Gasteiger partial charge in [0, 0.05) is 36.4 Å². The number of rotatable bonds is 12. The molecule has 0 spiro atoms. The van der Waals surface area contributed by atoms with E-state index in [0.29, 0.717) is 17.2 Å². The van der Waals surface area contributed by atoms with Crippen LogP contribution in [0.1, 0.15) is 30.7 Å². The van der Waals surface area contributed by atoms with E-state index in [1.807, 2.05) is 26.0 Å². The summed E-state index contributed by atoms with van der Waals surface area (Å²) in [5.41, 5.74) is 8.20. The number of aliphatic imine (C=N–C) groups is 1. The Morgan fingerprint density at radius 2 is 2.00 bits per heavy atom. The highest BCUT2D eigenvalue weighted by atomic mass is 35.5. The third kappa shape index (κ3) is 9.56. The van der Waals surface area contributed by atoms with E-state index in [-0.39, 0.29) is 13.1 Å². The number of benzene rings is 1. The summed E-state index contributed by atoms with van der Waals surface area (Å²) in [7, 11) is 1.60. The predicted molar refractivity (Wildman–Crippen MR) is 141 cm³/mol. The zero-order valence-electron chi connectivity index (χ0n) is 19.6. The van der Waals surface area contributed by atoms with Crippen LogP contribution >= 0.6 is 23.5 Å². The Morgan fingerprint density at radius 3 is 2.56 bits per heavy atom. The molecule has 1 aromatic heterocycles. The second-order valence-electron chi connectivity index (χ2n) is 6.70. The highest BCUT2D eigenvalue weighted by Gasteiger charge is 2.23. The fourth-order valence-electron chi connectivity index (χ4n) is 2.75. The molecule has 0 saturated heterocycles. The van der Waals surface area contributed by atoms with Gasteiger partial charge in [-0.15, -0.1) is 0 Å². The molecule has 1 heterocycles. The van der Waals surface area contributed by atoms with Crippen LogP contribution in [0, 0.1) is 0 Å². The van der Waals surface area contributed by atoms with Gasteiger partial charge in [-0.1, -0.05) is 56.3 Å². The Kier molecular flexibility index (Phi) is 13.6. The number of nitrogens with zero attached hydrogens (tertiary/aromatic N) is 2. The number of halogens is 1. The third-order valence-electron chi connectivity index (χ3n) is 4.46. The van der Waals surface area contributed by atoms with Crippen molar-refractivity contribution < 1.29 is 14.7 Å². The van der Waals surface area contributed by atoms with Gasteiger partial charge in [0.25, 0.3) is 0 Å². The molecule has 1 unspecified atom stereocenters. The van der Waals surface area contributed by atoms with Gasteiger partial charge in [0.1, 0.15) is 24.8 Å². The number of aldehydes is 1. The Morgan fingerprint density at radius 1 is 1.32 bits per heavy atom. The van der Waals surface area contributed by atoms with Gasteiger partial charge >= 0.3 is 0 Å². The number of hydrogen-bond donors (Lipinski definition) is 4. The first-order chi connectivity index (χ1) is 16.4. The maximum Gasteiger partial charge on any atom is 0.249 e. The molecule has 0 radical (unpaired) electrons. The quantitative estimate of drug-likeness (QED) is 0.115. The molecule has 2 aromatic rings. The molecule has 1 atom stereocenters. The molecule has 1 aromatic carbocycles. The van der Waals surface area contributed by atoms with E-state index in [1.165, 1.54) is 16.8 Å². The van der Waals surface area contributed by atoms with E-state index in [0.717, 1.165) is 21.8 Å². The number of nitrogens with two attached hydrogens (primary N) is 1. The molecule has 34 heavy (non-hydrogen) atoms. The van der Waals surface area contributed by atoms with Gasteiger partial charge < -0.3 is 25.5 Å². The summed E-state index contributed by atoms with van der Waals surface area (Å²) in [6.07, 6.45) is 4.15. The Labute approximate surface area is 210 Å². The normalized spacial score (nSPS) is 12.1. The largest absolute Gasteiger partial charge is 0.387 e. The van der Waals surface area contributed by atoms with Gasteiger partial charge in [-0.25, -0.2) is 0 Å². The van der Waals surface area contributed by atoms with Crippen LogP contribution < -0.4 is 10.5 Å². The third-order valence-corrected chi connectivity index (χ3v) is 5.35. The zero-order valence-corrected chi connectivity index (χ0v) is 21.2. The number of aromatic nitrogens is 1. The van der Waals surface area contributed by atoms with E-state index in [2.05, 4.69) is 21.3 Å². The van der Waals surface area contributed by atoms with Crippen molar-refractivity contribution in [3.63, 3.8) is 0 Å². The Balaban J connectivity index is 0.00000281. The fourth-order valence-corrected chi connectivity index (χ4v) is 3.53. The molecule has 0 bridgehead atoms. The fraction of sp³-hybridized carbons (Fsp3) is 0.292. The van der Waals surface area contributed by atoms with Crippen molar-refractivity contribution in [1.29, 1.82) is 0 Å². The van der Waals surface area contributed by atoms with Crippen LogP contribution in [0.3, 0.4) is 0 Å². The molecule has 0 saturated carbocycles. The van der Waals surface area contributed by atoms with Crippen LogP contribution in [0.4, 0.5) is 0 Å². The predicted octanol–water partition coefficient (Wildman–Crippen LogP) is 3.33. The molecule has 0 aliphatic heterocycles. The van der Waals surface area contributed by atoms with Crippen LogP contribution in [0.5, 0.6) is 0 Å². The molecule has 1 amide bonds. The Hall–Kier alpha value is -2.85. The summed E-state index contributed by atoms with van der Waals surface area (Å²) in [5.74, 6) is -0.136. The first kappa shape index (κ1) is 29.2. The Bertz CT molecular complexity index is 989. The molecule has 0 fully saturated rings. The summed E-state index contributed by atoms with van der Waals surface area (Å²) in [6.45, 7) is 7.26. The van der Waals surface area contributed by atoms with Crippen LogP contribution in [0.15, 0.2) is 64.1 Å². The van der Waals surface area contributed by atoms with Crippen molar-refractivity contribution in [2.24, 2.45) is 10.7 Å². The van der Waals surface area contributed by atoms with Crippen molar-refractivity contribution in [1.82, 2.24) is 14.6 Å². The van der Waals surface area contributed by atoms with Crippen molar-refractivity contribution in [2.45, 2.75) is 31.5 Å². The summed E-state index contributed by atoms with van der Waals surface area (Å²) in [5, 5.41) is 10.6. The van der Waals surface area contributed by atoms with E-state index < -0.39 is 18.6 Å². The summed E-state index contributed by atoms with van der Waals surface area (Å²) < 4.78 is 3.09. The highest BCUT2D eigenvalue weighted by molar-refractivity contribution is 7.97. The van der Waals surface area contributed by atoms with Crippen LogP contribution in [0.25, 0.3) is 6.08 Å². The minimum Gasteiger partial charge on any atom is -0.387 e. The molecule has 10 heteroatoms. The molecule has 0 aliphatic rings. The van der Waals surface area contributed by atoms with Crippen molar-refractivity contribution in [2.75, 3.05) is 20.2 Å². The van der Waals surface area contributed by atoms with E-state index in [9.17, 15) is 14.7 Å². The second kappa shape index (κ2) is 15.9. The molecule has 5 N–H and O–H groups in total. The second-order valence-corrected chi connectivity index (χ2v) is 8.12. The van der Waals surface area contributed by atoms with Crippen molar-refractivity contribution >= 4 is 47.7 Å². The summed E-state index contributed by atoms with van der Waals surface area (Å²) >= 11 is 7.00. The maximum absolute atomic E-state index is 12.3.